The van der Waals surface area contributed by atoms with Gasteiger partial charge in [-0.15, -0.1) is 0 Å². The van der Waals surface area contributed by atoms with E-state index in [-0.39, 0.29) is 6.42 Å². The number of aliphatic carboxylic acids is 1. The zero-order valence-electron chi connectivity index (χ0n) is 10.8. The highest BCUT2D eigenvalue weighted by molar-refractivity contribution is 7.92. The number of hydrogen-bond acceptors (Lipinski definition) is 4. The van der Waals surface area contributed by atoms with Crippen molar-refractivity contribution in [2.45, 2.75) is 44.8 Å². The second-order valence-corrected chi connectivity index (χ2v) is 6.97. The Morgan fingerprint density at radius 3 is 2.28 bits per heavy atom. The molecule has 0 aromatic heterocycles. The summed E-state index contributed by atoms with van der Waals surface area (Å²) >= 11 is 0. The first kappa shape index (κ1) is 16.9. The predicted molar refractivity (Wildman–Crippen MR) is 68.0 cm³/mol. The molecule has 0 bridgehead atoms. The van der Waals surface area contributed by atoms with Crippen LogP contribution < -0.4 is 5.32 Å². The Balaban J connectivity index is 3.70. The number of carbonyl (C=O) groups is 2. The number of nitrogens with one attached hydrogen (secondary N) is 1. The van der Waals surface area contributed by atoms with Gasteiger partial charge in [0.1, 0.15) is 5.75 Å². The van der Waals surface area contributed by atoms with Crippen LogP contribution in [0.5, 0.6) is 0 Å². The summed E-state index contributed by atoms with van der Waals surface area (Å²) in [6, 6.07) is 0. The van der Waals surface area contributed by atoms with Crippen LogP contribution >= 0.6 is 0 Å². The van der Waals surface area contributed by atoms with Crippen LogP contribution in [0.25, 0.3) is 0 Å². The number of rotatable bonds is 9. The second kappa shape index (κ2) is 8.07. The minimum Gasteiger partial charge on any atom is -0.481 e. The fourth-order valence-electron chi connectivity index (χ4n) is 1.21. The van der Waals surface area contributed by atoms with Crippen LogP contribution in [0.4, 0.5) is 0 Å². The standard InChI is InChI=1S/C11H21NO5S/c1-9(2)18(16,17)8-10(13)12-7-5-3-4-6-11(14)15/h9H,3-8H2,1-2H3,(H,12,13)(H,14,15). The average molecular weight is 279 g/mol. The van der Waals surface area contributed by atoms with Crippen LogP contribution in [-0.2, 0) is 19.4 Å². The van der Waals surface area contributed by atoms with Gasteiger partial charge in [0.05, 0.1) is 5.25 Å². The van der Waals surface area contributed by atoms with Crippen molar-refractivity contribution in [3.63, 3.8) is 0 Å². The number of carboxylic acids is 1. The maximum absolute atomic E-state index is 11.4. The monoisotopic (exact) mass is 279 g/mol. The molecule has 0 unspecified atom stereocenters. The summed E-state index contributed by atoms with van der Waals surface area (Å²) in [4.78, 5) is 21.5. The van der Waals surface area contributed by atoms with Crippen molar-refractivity contribution >= 4 is 21.7 Å². The van der Waals surface area contributed by atoms with Crippen LogP contribution in [0.2, 0.25) is 0 Å². The van der Waals surface area contributed by atoms with Gasteiger partial charge >= 0.3 is 5.97 Å². The molecule has 0 aliphatic carbocycles. The molecule has 1 amide bonds. The summed E-state index contributed by atoms with van der Waals surface area (Å²) in [5.74, 6) is -1.82. The quantitative estimate of drug-likeness (QED) is 0.601. The molecule has 0 aromatic carbocycles. The summed E-state index contributed by atoms with van der Waals surface area (Å²) in [6.45, 7) is 3.45. The highest BCUT2D eigenvalue weighted by Crippen LogP contribution is 2.01. The van der Waals surface area contributed by atoms with Crippen molar-refractivity contribution in [3.05, 3.63) is 0 Å². The molecule has 0 saturated carbocycles. The normalized spacial score (nSPS) is 11.5. The number of unbranched alkanes of at least 4 members (excludes halogenated alkanes) is 2. The van der Waals surface area contributed by atoms with E-state index in [0.717, 1.165) is 0 Å². The van der Waals surface area contributed by atoms with Gasteiger partial charge in [-0.1, -0.05) is 6.42 Å². The Morgan fingerprint density at radius 1 is 1.17 bits per heavy atom. The Labute approximate surface area is 108 Å². The van der Waals surface area contributed by atoms with E-state index in [0.29, 0.717) is 25.8 Å². The van der Waals surface area contributed by atoms with Crippen molar-refractivity contribution in [3.8, 4) is 0 Å². The lowest BCUT2D eigenvalue weighted by molar-refractivity contribution is -0.137. The lowest BCUT2D eigenvalue weighted by Crippen LogP contribution is -2.33. The molecule has 7 heteroatoms. The van der Waals surface area contributed by atoms with Gasteiger partial charge in [-0.25, -0.2) is 8.42 Å². The minimum absolute atomic E-state index is 0.121. The maximum atomic E-state index is 11.4. The summed E-state index contributed by atoms with van der Waals surface area (Å²) in [5.41, 5.74) is 0. The third-order valence-corrected chi connectivity index (χ3v) is 4.54. The van der Waals surface area contributed by atoms with E-state index in [9.17, 15) is 18.0 Å². The summed E-state index contributed by atoms with van der Waals surface area (Å²) in [5, 5.41) is 10.4. The first-order chi connectivity index (χ1) is 8.25. The topological polar surface area (TPSA) is 101 Å². The molecule has 0 heterocycles. The smallest absolute Gasteiger partial charge is 0.303 e. The van der Waals surface area contributed by atoms with E-state index in [4.69, 9.17) is 5.11 Å². The summed E-state index contributed by atoms with van der Waals surface area (Å²) in [6.07, 6.45) is 2.04. The maximum Gasteiger partial charge on any atom is 0.303 e. The van der Waals surface area contributed by atoms with Crippen molar-refractivity contribution in [1.82, 2.24) is 5.32 Å². The Kier molecular flexibility index (Phi) is 7.58. The van der Waals surface area contributed by atoms with Gasteiger partial charge < -0.3 is 10.4 Å². The molecule has 0 aromatic rings. The van der Waals surface area contributed by atoms with Gasteiger partial charge in [0.15, 0.2) is 9.84 Å². The molecular weight excluding hydrogens is 258 g/mol. The van der Waals surface area contributed by atoms with E-state index in [1.807, 2.05) is 0 Å². The molecule has 106 valence electrons. The fourth-order valence-corrected chi connectivity index (χ4v) is 2.01. The molecule has 0 aliphatic rings. The van der Waals surface area contributed by atoms with Crippen LogP contribution in [0.1, 0.15) is 39.5 Å². The molecule has 18 heavy (non-hydrogen) atoms. The zero-order valence-corrected chi connectivity index (χ0v) is 11.6. The summed E-state index contributed by atoms with van der Waals surface area (Å²) in [7, 11) is -3.35. The predicted octanol–water partition coefficient (Wildman–Crippen LogP) is 0.571. The lowest BCUT2D eigenvalue weighted by atomic mass is 10.2. The van der Waals surface area contributed by atoms with Crippen molar-refractivity contribution in [2.75, 3.05) is 12.3 Å². The zero-order chi connectivity index (χ0) is 14.2. The molecule has 0 saturated heterocycles. The van der Waals surface area contributed by atoms with Crippen molar-refractivity contribution < 1.29 is 23.1 Å². The van der Waals surface area contributed by atoms with Gasteiger partial charge in [-0.2, -0.15) is 0 Å². The Morgan fingerprint density at radius 2 is 1.78 bits per heavy atom. The first-order valence-electron chi connectivity index (χ1n) is 5.95. The van der Waals surface area contributed by atoms with E-state index in [1.165, 1.54) is 13.8 Å². The molecule has 2 N–H and O–H groups in total. The van der Waals surface area contributed by atoms with Gasteiger partial charge in [-0.05, 0) is 26.7 Å². The first-order valence-corrected chi connectivity index (χ1v) is 7.67. The largest absolute Gasteiger partial charge is 0.481 e. The number of sulfone groups is 1. The highest BCUT2D eigenvalue weighted by Gasteiger charge is 2.19. The van der Waals surface area contributed by atoms with Crippen LogP contribution in [-0.4, -0.2) is 42.9 Å². The van der Waals surface area contributed by atoms with Gasteiger partial charge in [0, 0.05) is 13.0 Å². The number of carboxylic acid groups (broad SMARTS) is 1. The third kappa shape index (κ3) is 8.05. The average Bonchev–Trinajstić information content (AvgIpc) is 2.21. The lowest BCUT2D eigenvalue weighted by Gasteiger charge is -2.08. The molecule has 0 radical (unpaired) electrons. The molecule has 0 spiro atoms. The van der Waals surface area contributed by atoms with Crippen molar-refractivity contribution in [2.24, 2.45) is 0 Å². The second-order valence-electron chi connectivity index (χ2n) is 4.41. The number of carbonyl (C=O) groups excluding carboxylic acids is 1. The Hall–Kier alpha value is -1.11. The van der Waals surface area contributed by atoms with E-state index < -0.39 is 32.7 Å². The summed E-state index contributed by atoms with van der Waals surface area (Å²) < 4.78 is 22.8. The molecule has 0 aliphatic heterocycles. The van der Waals surface area contributed by atoms with Crippen LogP contribution in [0.3, 0.4) is 0 Å². The van der Waals surface area contributed by atoms with Crippen LogP contribution in [0.15, 0.2) is 0 Å². The molecule has 0 rings (SSSR count). The van der Waals surface area contributed by atoms with Gasteiger partial charge in [0.25, 0.3) is 0 Å². The fraction of sp³-hybridized carbons (Fsp3) is 0.818. The van der Waals surface area contributed by atoms with E-state index in [2.05, 4.69) is 5.32 Å². The molecule has 0 atom stereocenters. The number of amides is 1. The Bertz CT molecular complexity index is 375. The SMILES string of the molecule is CC(C)S(=O)(=O)CC(=O)NCCCCCC(=O)O. The minimum atomic E-state index is -3.35. The van der Waals surface area contributed by atoms with Crippen LogP contribution in [0, 0.1) is 0 Å². The number of hydrogen-bond donors (Lipinski definition) is 2. The van der Waals surface area contributed by atoms with Crippen molar-refractivity contribution in [1.29, 1.82) is 0 Å². The molecule has 0 fully saturated rings. The highest BCUT2D eigenvalue weighted by atomic mass is 32.2. The van der Waals surface area contributed by atoms with Gasteiger partial charge in [0.2, 0.25) is 5.91 Å². The van der Waals surface area contributed by atoms with E-state index >= 15 is 0 Å². The third-order valence-electron chi connectivity index (χ3n) is 2.44. The molecule has 6 nitrogen and oxygen atoms in total. The van der Waals surface area contributed by atoms with Gasteiger partial charge in [-0.3, -0.25) is 9.59 Å². The molecular formula is C11H21NO5S. The van der Waals surface area contributed by atoms with E-state index in [1.54, 1.807) is 0 Å².